The van der Waals surface area contributed by atoms with Crippen molar-refractivity contribution >= 4 is 7.12 Å². The standard InChI is InChI=1S/C7H9BO2/c9-8-7-4-2-1-3-6(7)5-10-8/h1-4,6-7,9H,5H2. The Balaban J connectivity index is 2.19. The summed E-state index contributed by atoms with van der Waals surface area (Å²) >= 11 is 0. The van der Waals surface area contributed by atoms with Gasteiger partial charge in [0.15, 0.2) is 0 Å². The lowest BCUT2D eigenvalue weighted by Gasteiger charge is -2.11. The summed E-state index contributed by atoms with van der Waals surface area (Å²) in [7, 11) is -0.578. The minimum absolute atomic E-state index is 0.199. The first-order valence-corrected chi connectivity index (χ1v) is 3.52. The number of hydrogen-bond donors (Lipinski definition) is 1. The molecule has 0 amide bonds. The van der Waals surface area contributed by atoms with Gasteiger partial charge in [-0.3, -0.25) is 0 Å². The van der Waals surface area contributed by atoms with Crippen molar-refractivity contribution in [3.8, 4) is 0 Å². The van der Waals surface area contributed by atoms with Gasteiger partial charge in [0.2, 0.25) is 0 Å². The molecular formula is C7H9BO2. The average Bonchev–Trinajstić information content (AvgIpc) is 2.34. The maximum absolute atomic E-state index is 9.22. The van der Waals surface area contributed by atoms with Crippen LogP contribution in [0.1, 0.15) is 0 Å². The molecule has 0 spiro atoms. The summed E-state index contributed by atoms with van der Waals surface area (Å²) in [6, 6.07) is 0. The summed E-state index contributed by atoms with van der Waals surface area (Å²) in [6.45, 7) is 0.659. The fourth-order valence-electron chi connectivity index (χ4n) is 1.46. The second-order valence-corrected chi connectivity index (χ2v) is 2.73. The Hall–Kier alpha value is -0.535. The van der Waals surface area contributed by atoms with Gasteiger partial charge >= 0.3 is 7.12 Å². The molecule has 2 aliphatic rings. The maximum Gasteiger partial charge on any atom is 0.462 e. The largest absolute Gasteiger partial charge is 0.462 e. The fourth-order valence-corrected chi connectivity index (χ4v) is 1.46. The molecule has 1 N–H and O–H groups in total. The molecular weight excluding hydrogens is 127 g/mol. The predicted molar refractivity (Wildman–Crippen MR) is 39.4 cm³/mol. The highest BCUT2D eigenvalue weighted by molar-refractivity contribution is 6.46. The molecule has 0 saturated carbocycles. The Morgan fingerprint density at radius 1 is 1.40 bits per heavy atom. The molecule has 2 nitrogen and oxygen atoms in total. The van der Waals surface area contributed by atoms with Crippen LogP contribution in [0.3, 0.4) is 0 Å². The molecule has 10 heavy (non-hydrogen) atoms. The maximum atomic E-state index is 9.22. The van der Waals surface area contributed by atoms with Crippen LogP contribution in [0.4, 0.5) is 0 Å². The Bertz CT molecular complexity index is 188. The topological polar surface area (TPSA) is 29.5 Å². The number of allylic oxidation sites excluding steroid dienone is 3. The zero-order valence-electron chi connectivity index (χ0n) is 5.60. The molecule has 1 aliphatic carbocycles. The van der Waals surface area contributed by atoms with E-state index >= 15 is 0 Å². The number of hydrogen-bond acceptors (Lipinski definition) is 2. The van der Waals surface area contributed by atoms with Crippen LogP contribution in [0.15, 0.2) is 24.3 Å². The van der Waals surface area contributed by atoms with E-state index in [0.717, 1.165) is 0 Å². The van der Waals surface area contributed by atoms with Crippen molar-refractivity contribution in [1.29, 1.82) is 0 Å². The van der Waals surface area contributed by atoms with E-state index < -0.39 is 7.12 Å². The van der Waals surface area contributed by atoms with Gasteiger partial charge in [0.1, 0.15) is 0 Å². The van der Waals surface area contributed by atoms with Crippen LogP contribution in [0.25, 0.3) is 0 Å². The molecule has 0 bridgehead atoms. The third-order valence-corrected chi connectivity index (χ3v) is 2.09. The van der Waals surface area contributed by atoms with Gasteiger partial charge in [-0.25, -0.2) is 0 Å². The highest BCUT2D eigenvalue weighted by atomic mass is 16.5. The van der Waals surface area contributed by atoms with Gasteiger partial charge in [0.05, 0.1) is 0 Å². The van der Waals surface area contributed by atoms with Crippen LogP contribution in [-0.4, -0.2) is 18.7 Å². The molecule has 2 atom stereocenters. The molecule has 0 aromatic heterocycles. The van der Waals surface area contributed by atoms with E-state index in [1.807, 2.05) is 18.2 Å². The lowest BCUT2D eigenvalue weighted by atomic mass is 9.67. The fraction of sp³-hybridized carbons (Fsp3) is 0.429. The molecule has 1 fully saturated rings. The molecule has 52 valence electrons. The van der Waals surface area contributed by atoms with Crippen LogP contribution in [-0.2, 0) is 4.65 Å². The first-order chi connectivity index (χ1) is 4.88. The van der Waals surface area contributed by atoms with Crippen LogP contribution < -0.4 is 0 Å². The third-order valence-electron chi connectivity index (χ3n) is 2.09. The molecule has 0 radical (unpaired) electrons. The Morgan fingerprint density at radius 3 is 3.00 bits per heavy atom. The number of fused-ring (bicyclic) bond motifs is 1. The van der Waals surface area contributed by atoms with Gasteiger partial charge in [-0.05, 0) is 0 Å². The summed E-state index contributed by atoms with van der Waals surface area (Å²) in [5.74, 6) is 0.602. The normalized spacial score (nSPS) is 36.7. The van der Waals surface area contributed by atoms with Crippen molar-refractivity contribution in [2.45, 2.75) is 5.82 Å². The van der Waals surface area contributed by atoms with E-state index in [1.165, 1.54) is 0 Å². The summed E-state index contributed by atoms with van der Waals surface area (Å²) in [5.41, 5.74) is 0. The van der Waals surface area contributed by atoms with Gasteiger partial charge in [0, 0.05) is 18.3 Å². The first-order valence-electron chi connectivity index (χ1n) is 3.52. The van der Waals surface area contributed by atoms with Crippen LogP contribution >= 0.6 is 0 Å². The molecule has 1 saturated heterocycles. The summed E-state index contributed by atoms with van der Waals surface area (Å²) in [6.07, 6.45) is 8.05. The SMILES string of the molecule is OB1OCC2C=CC=CC12. The lowest BCUT2D eigenvalue weighted by molar-refractivity contribution is 0.287. The summed E-state index contributed by atoms with van der Waals surface area (Å²) in [5, 5.41) is 9.22. The minimum atomic E-state index is -0.578. The van der Waals surface area contributed by atoms with Gasteiger partial charge < -0.3 is 9.68 Å². The monoisotopic (exact) mass is 136 g/mol. The number of rotatable bonds is 0. The van der Waals surface area contributed by atoms with Crippen LogP contribution in [0.2, 0.25) is 5.82 Å². The first kappa shape index (κ1) is 6.19. The smallest absolute Gasteiger partial charge is 0.427 e. The van der Waals surface area contributed by atoms with Crippen molar-refractivity contribution in [2.75, 3.05) is 6.61 Å². The van der Waals surface area contributed by atoms with Crippen molar-refractivity contribution in [2.24, 2.45) is 5.92 Å². The molecule has 1 heterocycles. The predicted octanol–water partition coefficient (Wildman–Crippen LogP) is 0.609. The zero-order valence-corrected chi connectivity index (χ0v) is 5.60. The van der Waals surface area contributed by atoms with E-state index in [1.54, 1.807) is 0 Å². The Kier molecular flexibility index (Phi) is 1.40. The second kappa shape index (κ2) is 2.25. The van der Waals surface area contributed by atoms with E-state index in [4.69, 9.17) is 4.65 Å². The van der Waals surface area contributed by atoms with E-state index in [-0.39, 0.29) is 5.82 Å². The van der Waals surface area contributed by atoms with Crippen molar-refractivity contribution in [1.82, 2.24) is 0 Å². The van der Waals surface area contributed by atoms with Gasteiger partial charge in [0.25, 0.3) is 0 Å². The highest BCUT2D eigenvalue weighted by Gasteiger charge is 2.38. The van der Waals surface area contributed by atoms with Gasteiger partial charge in [-0.15, -0.1) is 0 Å². The Labute approximate surface area is 60.3 Å². The third kappa shape index (κ3) is 0.823. The van der Waals surface area contributed by atoms with Gasteiger partial charge in [-0.1, -0.05) is 24.3 Å². The molecule has 2 unspecified atom stereocenters. The molecule has 0 aromatic carbocycles. The molecule has 2 rings (SSSR count). The van der Waals surface area contributed by atoms with Crippen LogP contribution in [0, 0.1) is 5.92 Å². The lowest BCUT2D eigenvalue weighted by Crippen LogP contribution is -2.17. The molecule has 3 heteroatoms. The van der Waals surface area contributed by atoms with E-state index in [2.05, 4.69) is 6.08 Å². The molecule has 1 aliphatic heterocycles. The van der Waals surface area contributed by atoms with E-state index in [9.17, 15) is 5.02 Å². The molecule has 0 aromatic rings. The van der Waals surface area contributed by atoms with E-state index in [0.29, 0.717) is 12.5 Å². The highest BCUT2D eigenvalue weighted by Crippen LogP contribution is 2.33. The van der Waals surface area contributed by atoms with Crippen LogP contribution in [0.5, 0.6) is 0 Å². The van der Waals surface area contributed by atoms with Crippen molar-refractivity contribution in [3.63, 3.8) is 0 Å². The Morgan fingerprint density at radius 2 is 2.20 bits per heavy atom. The minimum Gasteiger partial charge on any atom is -0.427 e. The van der Waals surface area contributed by atoms with Crippen molar-refractivity contribution in [3.05, 3.63) is 24.3 Å². The second-order valence-electron chi connectivity index (χ2n) is 2.73. The zero-order chi connectivity index (χ0) is 6.97. The van der Waals surface area contributed by atoms with Gasteiger partial charge in [-0.2, -0.15) is 0 Å². The van der Waals surface area contributed by atoms with Crippen molar-refractivity contribution < 1.29 is 9.68 Å². The summed E-state index contributed by atoms with van der Waals surface area (Å²) in [4.78, 5) is 0. The average molecular weight is 136 g/mol. The summed E-state index contributed by atoms with van der Waals surface area (Å²) < 4.78 is 5.05. The quantitative estimate of drug-likeness (QED) is 0.494.